The van der Waals surface area contributed by atoms with Crippen LogP contribution in [-0.2, 0) is 15.1 Å². The average molecular weight is 412 g/mol. The van der Waals surface area contributed by atoms with Crippen molar-refractivity contribution in [2.45, 2.75) is 25.0 Å². The minimum Gasteiger partial charge on any atom is -0.369 e. The molecule has 156 valence electrons. The van der Waals surface area contributed by atoms with Crippen LogP contribution in [0.3, 0.4) is 0 Å². The van der Waals surface area contributed by atoms with Crippen LogP contribution in [-0.4, -0.2) is 32.0 Å². The summed E-state index contributed by atoms with van der Waals surface area (Å²) in [5.74, 6) is 0.858. The van der Waals surface area contributed by atoms with Crippen LogP contribution >= 0.6 is 0 Å². The second kappa shape index (κ2) is 7.36. The van der Waals surface area contributed by atoms with E-state index in [1.165, 1.54) is 5.56 Å². The van der Waals surface area contributed by atoms with Crippen molar-refractivity contribution >= 4 is 28.8 Å². The monoisotopic (exact) mass is 411 g/mol. The second-order valence-corrected chi connectivity index (χ2v) is 8.12. The number of nitrogens with zero attached hydrogens (tertiary/aromatic N) is 3. The highest BCUT2D eigenvalue weighted by Gasteiger charge is 2.64. The molecule has 0 bridgehead atoms. The molecule has 1 fully saturated rings. The molecule has 1 saturated heterocycles. The van der Waals surface area contributed by atoms with Gasteiger partial charge in [0, 0.05) is 26.3 Å². The largest absolute Gasteiger partial charge is 0.369 e. The minimum atomic E-state index is -0.657. The molecule has 3 aromatic carbocycles. The number of hydrogen-bond donors (Lipinski definition) is 0. The molecule has 0 aromatic heterocycles. The maximum atomic E-state index is 13.3. The smallest absolute Gasteiger partial charge is 0.259 e. The second-order valence-electron chi connectivity index (χ2n) is 8.12. The van der Waals surface area contributed by atoms with Crippen molar-refractivity contribution in [1.82, 2.24) is 0 Å². The predicted molar refractivity (Wildman–Crippen MR) is 124 cm³/mol. The van der Waals surface area contributed by atoms with Crippen LogP contribution in [0.1, 0.15) is 17.5 Å². The summed E-state index contributed by atoms with van der Waals surface area (Å²) < 4.78 is 5.79. The Morgan fingerprint density at radius 1 is 1.00 bits per heavy atom. The van der Waals surface area contributed by atoms with Crippen LogP contribution < -0.4 is 9.80 Å². The number of hydrogen-bond acceptors (Lipinski definition) is 4. The first-order valence-corrected chi connectivity index (χ1v) is 10.5. The van der Waals surface area contributed by atoms with Crippen LogP contribution in [0.15, 0.2) is 83.9 Å². The molecular formula is C26H25N3O2. The fraction of sp³-hybridized carbons (Fsp3) is 0.231. The zero-order chi connectivity index (χ0) is 21.6. The van der Waals surface area contributed by atoms with E-state index in [1.807, 2.05) is 66.5 Å². The molecule has 2 aliphatic heterocycles. The van der Waals surface area contributed by atoms with Gasteiger partial charge in [-0.15, -0.1) is 0 Å². The van der Waals surface area contributed by atoms with E-state index in [9.17, 15) is 4.79 Å². The number of ether oxygens (including phenoxy) is 1. The molecule has 5 heteroatoms. The van der Waals surface area contributed by atoms with Gasteiger partial charge in [0.2, 0.25) is 0 Å². The summed E-state index contributed by atoms with van der Waals surface area (Å²) in [6.45, 7) is 2.10. The summed E-state index contributed by atoms with van der Waals surface area (Å²) in [4.78, 5) is 22.3. The van der Waals surface area contributed by atoms with E-state index in [2.05, 4.69) is 36.1 Å². The molecule has 0 saturated carbocycles. The number of carbonyl (C=O) groups is 1. The van der Waals surface area contributed by atoms with E-state index in [0.29, 0.717) is 6.42 Å². The standard InChI is InChI=1S/C26H25N3O2/c1-18-11-7-9-15-21(18)28(2)23-17-26(19-12-5-4-6-13-19)24(31-3)25(30)29(26)22-16-10-8-14-20(22)27-23/h4-16,24H,17H2,1-3H3. The molecule has 0 radical (unpaired) electrons. The topological polar surface area (TPSA) is 45.1 Å². The van der Waals surface area contributed by atoms with Gasteiger partial charge in [0.1, 0.15) is 11.4 Å². The van der Waals surface area contributed by atoms with E-state index in [1.54, 1.807) is 7.11 Å². The summed E-state index contributed by atoms with van der Waals surface area (Å²) in [6, 6.07) is 26.3. The van der Waals surface area contributed by atoms with E-state index < -0.39 is 11.6 Å². The van der Waals surface area contributed by atoms with E-state index >= 15 is 0 Å². The number of aliphatic imine (C=N–C) groups is 1. The van der Waals surface area contributed by atoms with Gasteiger partial charge in [0.05, 0.1) is 11.4 Å². The lowest BCUT2D eigenvalue weighted by Crippen LogP contribution is -2.74. The third-order valence-corrected chi connectivity index (χ3v) is 6.45. The third-order valence-electron chi connectivity index (χ3n) is 6.45. The number of benzene rings is 3. The van der Waals surface area contributed by atoms with Gasteiger partial charge in [0.15, 0.2) is 6.10 Å². The van der Waals surface area contributed by atoms with Gasteiger partial charge < -0.3 is 9.64 Å². The number of fused-ring (bicyclic) bond motifs is 3. The molecule has 3 aromatic rings. The molecule has 2 unspecified atom stereocenters. The highest BCUT2D eigenvalue weighted by atomic mass is 16.5. The number of amides is 1. The number of rotatable bonds is 3. The maximum absolute atomic E-state index is 13.3. The summed E-state index contributed by atoms with van der Waals surface area (Å²) in [7, 11) is 3.66. The van der Waals surface area contributed by atoms with E-state index in [0.717, 1.165) is 28.5 Å². The highest BCUT2D eigenvalue weighted by molar-refractivity contribution is 6.13. The van der Waals surface area contributed by atoms with Crippen LogP contribution in [0.25, 0.3) is 0 Å². The summed E-state index contributed by atoms with van der Waals surface area (Å²) in [5, 5.41) is 0. The molecule has 0 spiro atoms. The minimum absolute atomic E-state index is 0.0335. The van der Waals surface area contributed by atoms with Gasteiger partial charge in [-0.3, -0.25) is 9.69 Å². The number of carbonyl (C=O) groups excluding carboxylic acids is 1. The number of aryl methyl sites for hydroxylation is 1. The molecule has 2 heterocycles. The zero-order valence-corrected chi connectivity index (χ0v) is 17.9. The van der Waals surface area contributed by atoms with Gasteiger partial charge >= 0.3 is 0 Å². The highest BCUT2D eigenvalue weighted by Crippen LogP contribution is 2.53. The fourth-order valence-electron chi connectivity index (χ4n) is 4.92. The van der Waals surface area contributed by atoms with Gasteiger partial charge in [-0.25, -0.2) is 4.99 Å². The molecule has 0 N–H and O–H groups in total. The lowest BCUT2D eigenvalue weighted by molar-refractivity contribution is -0.147. The van der Waals surface area contributed by atoms with Crippen molar-refractivity contribution in [2.75, 3.05) is 24.0 Å². The number of β-lactam (4-membered cyclic amide) rings is 1. The van der Waals surface area contributed by atoms with Crippen molar-refractivity contribution in [3.05, 3.63) is 90.0 Å². The van der Waals surface area contributed by atoms with Gasteiger partial charge in [0.25, 0.3) is 5.91 Å². The number of para-hydroxylation sites is 3. The van der Waals surface area contributed by atoms with Crippen molar-refractivity contribution in [2.24, 2.45) is 4.99 Å². The Labute approximate surface area is 182 Å². The summed E-state index contributed by atoms with van der Waals surface area (Å²) in [6.07, 6.45) is -0.0302. The first-order chi connectivity index (χ1) is 15.1. The van der Waals surface area contributed by atoms with E-state index in [4.69, 9.17) is 9.73 Å². The lowest BCUT2D eigenvalue weighted by Gasteiger charge is -2.56. The molecular weight excluding hydrogens is 386 g/mol. The Morgan fingerprint density at radius 2 is 1.68 bits per heavy atom. The van der Waals surface area contributed by atoms with Crippen molar-refractivity contribution in [3.8, 4) is 0 Å². The molecule has 0 aliphatic carbocycles. The van der Waals surface area contributed by atoms with Gasteiger partial charge in [-0.2, -0.15) is 0 Å². The third kappa shape index (κ3) is 2.81. The summed E-state index contributed by atoms with van der Waals surface area (Å²) >= 11 is 0. The number of anilines is 2. The lowest BCUT2D eigenvalue weighted by atomic mass is 9.71. The molecule has 2 atom stereocenters. The Morgan fingerprint density at radius 3 is 2.42 bits per heavy atom. The Balaban J connectivity index is 1.73. The quantitative estimate of drug-likeness (QED) is 0.581. The molecule has 31 heavy (non-hydrogen) atoms. The predicted octanol–water partition coefficient (Wildman–Crippen LogP) is 4.82. The first kappa shape index (κ1) is 19.5. The average Bonchev–Trinajstić information content (AvgIpc) is 2.92. The number of amidine groups is 1. The zero-order valence-electron chi connectivity index (χ0n) is 17.9. The molecule has 5 nitrogen and oxygen atoms in total. The van der Waals surface area contributed by atoms with E-state index in [-0.39, 0.29) is 5.91 Å². The Hall–Kier alpha value is -3.44. The van der Waals surface area contributed by atoms with Gasteiger partial charge in [-0.1, -0.05) is 60.7 Å². The maximum Gasteiger partial charge on any atom is 0.259 e. The Kier molecular flexibility index (Phi) is 4.63. The van der Waals surface area contributed by atoms with Crippen LogP contribution in [0.2, 0.25) is 0 Å². The molecule has 2 aliphatic rings. The van der Waals surface area contributed by atoms with Crippen molar-refractivity contribution in [1.29, 1.82) is 0 Å². The molecule has 1 amide bonds. The SMILES string of the molecule is COC1C(=O)N2c3ccccc3N=C(N(C)c3ccccc3C)CC12c1ccccc1. The molecule has 5 rings (SSSR count). The van der Waals surface area contributed by atoms with Gasteiger partial charge in [-0.05, 0) is 36.2 Å². The number of methoxy groups -OCH3 is 1. The summed E-state index contributed by atoms with van der Waals surface area (Å²) in [5.41, 5.74) is 4.26. The van der Waals surface area contributed by atoms with Crippen LogP contribution in [0, 0.1) is 6.92 Å². The fourth-order valence-corrected chi connectivity index (χ4v) is 4.92. The Bertz CT molecular complexity index is 1170. The first-order valence-electron chi connectivity index (χ1n) is 10.5. The van der Waals surface area contributed by atoms with Crippen molar-refractivity contribution in [3.63, 3.8) is 0 Å². The van der Waals surface area contributed by atoms with Crippen LogP contribution in [0.5, 0.6) is 0 Å². The van der Waals surface area contributed by atoms with Crippen LogP contribution in [0.4, 0.5) is 17.1 Å². The normalized spacial score (nSPS) is 22.0. The van der Waals surface area contributed by atoms with Crippen molar-refractivity contribution < 1.29 is 9.53 Å².